The first-order chi connectivity index (χ1) is 8.06. The third kappa shape index (κ3) is 4.62. The fourth-order valence-corrected chi connectivity index (χ4v) is 1.71. The number of ether oxygens (including phenoxy) is 1. The van der Waals surface area contributed by atoms with Gasteiger partial charge < -0.3 is 16.2 Å². The Kier molecular flexibility index (Phi) is 7.29. The van der Waals surface area contributed by atoms with E-state index in [1.807, 2.05) is 0 Å². The maximum absolute atomic E-state index is 5.67. The Morgan fingerprint density at radius 3 is 1.42 bits per heavy atom. The largest absolute Gasteiger partial charge is 0.457 e. The van der Waals surface area contributed by atoms with Crippen LogP contribution in [0.2, 0.25) is 0 Å². The Labute approximate surface area is 135 Å². The van der Waals surface area contributed by atoms with E-state index >= 15 is 0 Å². The highest BCUT2D eigenvalue weighted by molar-refractivity contribution is 7.80. The molecule has 0 heterocycles. The minimum atomic E-state index is 0. The summed E-state index contributed by atoms with van der Waals surface area (Å²) in [5.74, 6) is 1.34. The van der Waals surface area contributed by atoms with Gasteiger partial charge in [0.25, 0.3) is 0 Å². The van der Waals surface area contributed by atoms with Crippen molar-refractivity contribution in [3.63, 3.8) is 0 Å². The summed E-state index contributed by atoms with van der Waals surface area (Å²) in [6.07, 6.45) is 0. The summed E-state index contributed by atoms with van der Waals surface area (Å²) in [6.45, 7) is 0. The average molecular weight is 337 g/mol. The second kappa shape index (κ2) is 7.65. The van der Waals surface area contributed by atoms with Crippen LogP contribution in [-0.4, -0.2) is 0 Å². The van der Waals surface area contributed by atoms with Gasteiger partial charge in [-0.05, 0) is 36.4 Å². The molecule has 0 saturated heterocycles. The van der Waals surface area contributed by atoms with E-state index in [-0.39, 0.29) is 24.8 Å². The minimum absolute atomic E-state index is 0. The van der Waals surface area contributed by atoms with Crippen molar-refractivity contribution in [2.75, 3.05) is 11.5 Å². The van der Waals surface area contributed by atoms with E-state index in [2.05, 4.69) is 25.3 Å². The number of anilines is 2. The molecular weight excluding hydrogens is 323 g/mol. The number of rotatable bonds is 2. The number of nitrogen functional groups attached to an aromatic ring is 2. The number of benzene rings is 2. The average Bonchev–Trinajstić information content (AvgIpc) is 2.29. The van der Waals surface area contributed by atoms with Crippen molar-refractivity contribution in [3.8, 4) is 11.5 Å². The van der Waals surface area contributed by atoms with Gasteiger partial charge in [-0.2, -0.15) is 0 Å². The van der Waals surface area contributed by atoms with Crippen LogP contribution in [-0.2, 0) is 0 Å². The van der Waals surface area contributed by atoms with Gasteiger partial charge in [0.1, 0.15) is 11.5 Å². The van der Waals surface area contributed by atoms with E-state index in [1.165, 1.54) is 0 Å². The van der Waals surface area contributed by atoms with Crippen molar-refractivity contribution in [1.82, 2.24) is 0 Å². The summed E-state index contributed by atoms with van der Waals surface area (Å²) in [5, 5.41) is 0. The molecule has 0 atom stereocenters. The van der Waals surface area contributed by atoms with Crippen molar-refractivity contribution in [2.45, 2.75) is 9.79 Å². The molecule has 0 aromatic heterocycles. The van der Waals surface area contributed by atoms with E-state index < -0.39 is 0 Å². The van der Waals surface area contributed by atoms with Gasteiger partial charge in [0.2, 0.25) is 0 Å². The van der Waals surface area contributed by atoms with Crippen LogP contribution < -0.4 is 16.2 Å². The minimum Gasteiger partial charge on any atom is -0.457 e. The molecule has 2 aromatic rings. The summed E-state index contributed by atoms with van der Waals surface area (Å²) in [6, 6.07) is 10.6. The Morgan fingerprint density at radius 2 is 1.11 bits per heavy atom. The molecule has 4 N–H and O–H groups in total. The Morgan fingerprint density at radius 1 is 0.737 bits per heavy atom. The maximum Gasteiger partial charge on any atom is 0.128 e. The Balaban J connectivity index is 0.00000162. The zero-order valence-corrected chi connectivity index (χ0v) is 13.2. The number of nitrogens with two attached hydrogens (primary N) is 2. The Bertz CT molecular complexity index is 518. The fraction of sp³-hybridized carbons (Fsp3) is 0. The van der Waals surface area contributed by atoms with Gasteiger partial charge >= 0.3 is 0 Å². The second-order valence-corrected chi connectivity index (χ2v) is 4.51. The lowest BCUT2D eigenvalue weighted by Crippen LogP contribution is -1.90. The van der Waals surface area contributed by atoms with Gasteiger partial charge in [-0.3, -0.25) is 0 Å². The lowest BCUT2D eigenvalue weighted by Gasteiger charge is -2.08. The fourth-order valence-electron chi connectivity index (χ4n) is 1.31. The molecule has 19 heavy (non-hydrogen) atoms. The van der Waals surface area contributed by atoms with Crippen LogP contribution in [0.1, 0.15) is 0 Å². The third-order valence-corrected chi connectivity index (χ3v) is 3.01. The van der Waals surface area contributed by atoms with E-state index in [4.69, 9.17) is 16.2 Å². The van der Waals surface area contributed by atoms with E-state index in [9.17, 15) is 0 Å². The molecule has 3 nitrogen and oxygen atoms in total. The summed E-state index contributed by atoms with van der Waals surface area (Å²) in [7, 11) is 0. The van der Waals surface area contributed by atoms with Gasteiger partial charge in [0, 0.05) is 21.2 Å². The molecule has 2 rings (SSSR count). The number of halogens is 2. The van der Waals surface area contributed by atoms with E-state index in [0.717, 1.165) is 0 Å². The first kappa shape index (κ1) is 18.1. The molecule has 0 radical (unpaired) electrons. The van der Waals surface area contributed by atoms with E-state index in [0.29, 0.717) is 32.7 Å². The highest BCUT2D eigenvalue weighted by Gasteiger charge is 2.02. The molecule has 0 unspecified atom stereocenters. The van der Waals surface area contributed by atoms with Crippen LogP contribution in [0, 0.1) is 0 Å². The van der Waals surface area contributed by atoms with Crippen LogP contribution in [0.3, 0.4) is 0 Å². The molecule has 0 amide bonds. The van der Waals surface area contributed by atoms with Crippen molar-refractivity contribution in [1.29, 1.82) is 0 Å². The van der Waals surface area contributed by atoms with Crippen molar-refractivity contribution in [2.24, 2.45) is 0 Å². The van der Waals surface area contributed by atoms with Gasteiger partial charge in [0.15, 0.2) is 0 Å². The quantitative estimate of drug-likeness (QED) is 0.494. The lowest BCUT2D eigenvalue weighted by molar-refractivity contribution is 0.480. The Hall–Kier alpha value is -0.880. The molecule has 0 bridgehead atoms. The molecular formula is C12H14Cl2N2OS2. The monoisotopic (exact) mass is 336 g/mol. The first-order valence-corrected chi connectivity index (χ1v) is 5.80. The first-order valence-electron chi connectivity index (χ1n) is 4.91. The molecule has 0 fully saturated rings. The molecule has 7 heteroatoms. The van der Waals surface area contributed by atoms with Gasteiger partial charge in [-0.15, -0.1) is 50.1 Å². The molecule has 104 valence electrons. The molecule has 0 saturated carbocycles. The van der Waals surface area contributed by atoms with Crippen LogP contribution in [0.25, 0.3) is 0 Å². The number of hydrogen-bond donors (Lipinski definition) is 4. The van der Waals surface area contributed by atoms with Crippen LogP contribution >= 0.6 is 50.1 Å². The highest BCUT2D eigenvalue weighted by atomic mass is 35.5. The van der Waals surface area contributed by atoms with Crippen LogP contribution in [0.15, 0.2) is 46.2 Å². The molecule has 2 aromatic carbocycles. The molecule has 0 aliphatic heterocycles. The van der Waals surface area contributed by atoms with E-state index in [1.54, 1.807) is 36.4 Å². The zero-order chi connectivity index (χ0) is 12.4. The third-order valence-electron chi connectivity index (χ3n) is 2.24. The topological polar surface area (TPSA) is 61.3 Å². The standard InChI is InChI=1S/C12H12N2OS2.2ClH/c13-9-3-1-7(5-11(9)16)15-8-2-4-10(14)12(17)6-8;;/h1-6,16-17H,13-14H2;2*1H. The predicted molar refractivity (Wildman–Crippen MR) is 90.8 cm³/mol. The predicted octanol–water partition coefficient (Wildman–Crippen LogP) is 4.06. The smallest absolute Gasteiger partial charge is 0.128 e. The highest BCUT2D eigenvalue weighted by Crippen LogP contribution is 2.29. The molecule has 0 spiro atoms. The van der Waals surface area contributed by atoms with Gasteiger partial charge in [-0.1, -0.05) is 0 Å². The number of thiol groups is 2. The number of hydrogen-bond acceptors (Lipinski definition) is 5. The molecule has 0 aliphatic rings. The van der Waals surface area contributed by atoms with Crippen molar-refractivity contribution in [3.05, 3.63) is 36.4 Å². The normalized spacial score (nSPS) is 9.16. The van der Waals surface area contributed by atoms with Crippen molar-refractivity contribution >= 4 is 61.4 Å². The summed E-state index contributed by atoms with van der Waals surface area (Å²) in [5.41, 5.74) is 12.6. The summed E-state index contributed by atoms with van der Waals surface area (Å²) in [4.78, 5) is 1.37. The summed E-state index contributed by atoms with van der Waals surface area (Å²) >= 11 is 8.46. The van der Waals surface area contributed by atoms with Crippen LogP contribution in [0.4, 0.5) is 11.4 Å². The zero-order valence-electron chi connectivity index (χ0n) is 9.74. The van der Waals surface area contributed by atoms with Crippen LogP contribution in [0.5, 0.6) is 11.5 Å². The summed E-state index contributed by atoms with van der Waals surface area (Å²) < 4.78 is 5.64. The molecule has 0 aliphatic carbocycles. The van der Waals surface area contributed by atoms with Gasteiger partial charge in [-0.25, -0.2) is 0 Å². The van der Waals surface area contributed by atoms with Crippen molar-refractivity contribution < 1.29 is 4.74 Å². The second-order valence-electron chi connectivity index (χ2n) is 3.54. The SMILES string of the molecule is Cl.Cl.Nc1ccc(Oc2ccc(N)c(S)c2)cc1S. The van der Waals surface area contributed by atoms with Gasteiger partial charge in [0.05, 0.1) is 0 Å². The maximum atomic E-state index is 5.67. The lowest BCUT2D eigenvalue weighted by atomic mass is 10.3.